The van der Waals surface area contributed by atoms with E-state index in [1.165, 1.54) is 24.8 Å². The maximum absolute atomic E-state index is 12.3. The van der Waals surface area contributed by atoms with Gasteiger partial charge in [-0.15, -0.1) is 0 Å². The lowest BCUT2D eigenvalue weighted by Crippen LogP contribution is -2.51. The quantitative estimate of drug-likeness (QED) is 0.547. The van der Waals surface area contributed by atoms with Crippen molar-refractivity contribution in [3.63, 3.8) is 0 Å². The van der Waals surface area contributed by atoms with Crippen molar-refractivity contribution in [2.75, 3.05) is 13.2 Å². The molecule has 34 heavy (non-hydrogen) atoms. The number of aliphatic hydroxyl groups is 1. The van der Waals surface area contributed by atoms with Crippen LogP contribution in [0, 0.1) is 28.6 Å². The summed E-state index contributed by atoms with van der Waals surface area (Å²) >= 11 is 0. The maximum Gasteiger partial charge on any atom is 0.261 e. The third-order valence-electron chi connectivity index (χ3n) is 10.2. The van der Waals surface area contributed by atoms with Crippen molar-refractivity contribution in [3.8, 4) is 0 Å². The topological polar surface area (TPSA) is 100 Å². The van der Waals surface area contributed by atoms with Gasteiger partial charge in [-0.25, -0.2) is 0 Å². The maximum atomic E-state index is 12.3. The second-order valence-electron chi connectivity index (χ2n) is 11.9. The molecule has 1 aliphatic heterocycles. The van der Waals surface area contributed by atoms with Gasteiger partial charge in [0.05, 0.1) is 11.8 Å². The summed E-state index contributed by atoms with van der Waals surface area (Å²) in [5.41, 5.74) is 2.74. The molecule has 7 atom stereocenters. The van der Waals surface area contributed by atoms with E-state index >= 15 is 0 Å². The zero-order valence-corrected chi connectivity index (χ0v) is 20.8. The lowest BCUT2D eigenvalue weighted by molar-refractivity contribution is -0.131. The summed E-state index contributed by atoms with van der Waals surface area (Å²) in [6.07, 6.45) is 13.4. The van der Waals surface area contributed by atoms with Gasteiger partial charge in [0.15, 0.2) is 6.61 Å². The third-order valence-corrected chi connectivity index (χ3v) is 10.2. The summed E-state index contributed by atoms with van der Waals surface area (Å²) in [4.78, 5) is 29.7. The van der Waals surface area contributed by atoms with Gasteiger partial charge in [0, 0.05) is 6.54 Å². The largest absolute Gasteiger partial charge is 0.393 e. The van der Waals surface area contributed by atoms with Crippen LogP contribution in [0.5, 0.6) is 0 Å². The highest BCUT2D eigenvalue weighted by molar-refractivity contribution is 5.96. The smallest absolute Gasteiger partial charge is 0.261 e. The minimum absolute atomic E-state index is 0.112. The van der Waals surface area contributed by atoms with E-state index in [0.29, 0.717) is 24.8 Å². The number of nitrogens with one attached hydrogen (secondary N) is 2. The first-order chi connectivity index (χ1) is 16.3. The third kappa shape index (κ3) is 4.18. The van der Waals surface area contributed by atoms with Gasteiger partial charge in [-0.1, -0.05) is 24.6 Å². The summed E-state index contributed by atoms with van der Waals surface area (Å²) in [5, 5.41) is 20.6. The molecular weight excluding hydrogens is 430 g/mol. The molecule has 0 bridgehead atoms. The highest BCUT2D eigenvalue weighted by atomic mass is 16.6. The Balaban J connectivity index is 1.19. The molecule has 1 heterocycles. The summed E-state index contributed by atoms with van der Waals surface area (Å²) in [5.74, 6) is 1.66. The minimum atomic E-state index is -0.475. The summed E-state index contributed by atoms with van der Waals surface area (Å²) in [7, 11) is 0. The Hall–Kier alpha value is -1.89. The molecule has 3 N–H and O–H groups in total. The molecule has 3 saturated carbocycles. The standard InChI is InChI=1S/C27H41N3O4/c1-26-12-10-18(30-34-16-24(32)29-22-5-3-4-14-28-25(22)33)15-17(26)6-7-19-20-8-9-23(31)27(20,2)13-11-21(19)26/h15,19-23,31H,3-14,16H2,1-2H3,(H,28,33)(H,29,32)/b30-18+/t19-,20+,21-,22+,23-,26+,27+/m1/s1. The summed E-state index contributed by atoms with van der Waals surface area (Å²) in [6, 6.07) is -0.475. The number of aliphatic hydroxyl groups excluding tert-OH is 1. The van der Waals surface area contributed by atoms with Crippen molar-refractivity contribution in [1.29, 1.82) is 0 Å². The number of hydrogen-bond donors (Lipinski definition) is 3. The number of amides is 2. The Morgan fingerprint density at radius 3 is 2.85 bits per heavy atom. The molecule has 5 rings (SSSR count). The predicted molar refractivity (Wildman–Crippen MR) is 130 cm³/mol. The van der Waals surface area contributed by atoms with Crippen LogP contribution in [0.3, 0.4) is 0 Å². The molecule has 5 aliphatic rings. The first-order valence-corrected chi connectivity index (χ1v) is 13.5. The molecule has 0 aromatic rings. The number of rotatable bonds is 4. The average Bonchev–Trinajstić information content (AvgIpc) is 2.97. The Morgan fingerprint density at radius 2 is 2.00 bits per heavy atom. The summed E-state index contributed by atoms with van der Waals surface area (Å²) in [6.45, 7) is 5.29. The fourth-order valence-corrected chi connectivity index (χ4v) is 8.10. The lowest BCUT2D eigenvalue weighted by atomic mass is 9.47. The van der Waals surface area contributed by atoms with Crippen LogP contribution in [0.2, 0.25) is 0 Å². The number of hydrogen-bond acceptors (Lipinski definition) is 5. The lowest BCUT2D eigenvalue weighted by Gasteiger charge is -2.57. The molecule has 188 valence electrons. The molecule has 2 amide bonds. The molecule has 0 radical (unpaired) electrons. The highest BCUT2D eigenvalue weighted by Crippen LogP contribution is 2.65. The fourth-order valence-electron chi connectivity index (χ4n) is 8.10. The van der Waals surface area contributed by atoms with Gasteiger partial charge in [-0.05, 0) is 105 Å². The van der Waals surface area contributed by atoms with E-state index in [9.17, 15) is 14.7 Å². The van der Waals surface area contributed by atoms with Crippen molar-refractivity contribution >= 4 is 17.5 Å². The van der Waals surface area contributed by atoms with Gasteiger partial charge < -0.3 is 20.6 Å². The number of nitrogens with zero attached hydrogens (tertiary/aromatic N) is 1. The fraction of sp³-hybridized carbons (Fsp3) is 0.815. The van der Waals surface area contributed by atoms with E-state index in [1.807, 2.05) is 0 Å². The van der Waals surface area contributed by atoms with Crippen molar-refractivity contribution < 1.29 is 19.5 Å². The molecule has 0 aromatic heterocycles. The molecule has 7 heteroatoms. The molecule has 1 saturated heterocycles. The molecule has 0 aromatic carbocycles. The number of allylic oxidation sites excluding steroid dienone is 2. The van der Waals surface area contributed by atoms with E-state index in [4.69, 9.17) is 4.84 Å². The van der Waals surface area contributed by atoms with Crippen LogP contribution in [0.4, 0.5) is 0 Å². The number of oxime groups is 1. The van der Waals surface area contributed by atoms with Crippen molar-refractivity contribution in [1.82, 2.24) is 10.6 Å². The van der Waals surface area contributed by atoms with Gasteiger partial charge in [0.1, 0.15) is 6.04 Å². The van der Waals surface area contributed by atoms with Crippen LogP contribution in [0.25, 0.3) is 0 Å². The molecule has 7 nitrogen and oxygen atoms in total. The predicted octanol–water partition coefficient (Wildman–Crippen LogP) is 3.47. The number of fused-ring (bicyclic) bond motifs is 5. The van der Waals surface area contributed by atoms with E-state index in [2.05, 4.69) is 35.7 Å². The second kappa shape index (κ2) is 9.29. The van der Waals surface area contributed by atoms with Gasteiger partial charge in [-0.2, -0.15) is 0 Å². The Labute approximate surface area is 203 Å². The van der Waals surface area contributed by atoms with Crippen LogP contribution in [-0.2, 0) is 14.4 Å². The van der Waals surface area contributed by atoms with Gasteiger partial charge in [0.2, 0.25) is 5.91 Å². The second-order valence-corrected chi connectivity index (χ2v) is 11.9. The van der Waals surface area contributed by atoms with Gasteiger partial charge in [-0.3, -0.25) is 9.59 Å². The summed E-state index contributed by atoms with van der Waals surface area (Å²) < 4.78 is 0. The first kappa shape index (κ1) is 23.8. The molecule has 4 fully saturated rings. The number of carbonyl (C=O) groups excluding carboxylic acids is 2. The highest BCUT2D eigenvalue weighted by Gasteiger charge is 2.58. The Morgan fingerprint density at radius 1 is 1.15 bits per heavy atom. The minimum Gasteiger partial charge on any atom is -0.393 e. The van der Waals surface area contributed by atoms with E-state index in [-0.39, 0.29) is 35.4 Å². The SMILES string of the molecule is C[C@]12CC[C@@H]3[C@H](CCC4=C/C(=N/OCC(=O)N[C@H]5CCCCNC5=O)CC[C@@]43C)[C@@H]1CC[C@H]2O. The normalized spacial score (nSPS) is 43.0. The number of carbonyl (C=O) groups is 2. The average molecular weight is 472 g/mol. The first-order valence-electron chi connectivity index (χ1n) is 13.5. The van der Waals surface area contributed by atoms with Crippen molar-refractivity contribution in [2.45, 2.75) is 96.6 Å². The van der Waals surface area contributed by atoms with Gasteiger partial charge in [0.25, 0.3) is 5.91 Å². The zero-order valence-electron chi connectivity index (χ0n) is 20.8. The van der Waals surface area contributed by atoms with Crippen LogP contribution in [0.1, 0.15) is 84.5 Å². The molecular formula is C27H41N3O4. The molecule has 4 aliphatic carbocycles. The van der Waals surface area contributed by atoms with E-state index < -0.39 is 6.04 Å². The van der Waals surface area contributed by atoms with E-state index in [1.54, 1.807) is 0 Å². The Bertz CT molecular complexity index is 885. The monoisotopic (exact) mass is 471 g/mol. The molecule has 0 spiro atoms. The Kier molecular flexibility index (Phi) is 6.51. The van der Waals surface area contributed by atoms with Crippen LogP contribution >= 0.6 is 0 Å². The van der Waals surface area contributed by atoms with Crippen LogP contribution in [0.15, 0.2) is 16.8 Å². The van der Waals surface area contributed by atoms with E-state index in [0.717, 1.165) is 56.6 Å². The van der Waals surface area contributed by atoms with Crippen molar-refractivity contribution in [2.24, 2.45) is 33.7 Å². The van der Waals surface area contributed by atoms with Crippen LogP contribution < -0.4 is 10.6 Å². The molecule has 0 unspecified atom stereocenters. The van der Waals surface area contributed by atoms with Crippen molar-refractivity contribution in [3.05, 3.63) is 11.6 Å². The van der Waals surface area contributed by atoms with Crippen LogP contribution in [-0.4, -0.2) is 47.9 Å². The van der Waals surface area contributed by atoms with Gasteiger partial charge >= 0.3 is 0 Å². The zero-order chi connectivity index (χ0) is 23.9.